The van der Waals surface area contributed by atoms with Gasteiger partial charge in [0.1, 0.15) is 17.3 Å². The number of fused-ring (bicyclic) bond motifs is 3. The molecule has 184 valence electrons. The molecule has 8 nitrogen and oxygen atoms in total. The second-order valence-electron chi connectivity index (χ2n) is 8.65. The molecule has 2 aromatic rings. The maximum atomic E-state index is 13.1. The minimum absolute atomic E-state index is 0.168. The number of benzene rings is 1. The first-order valence-corrected chi connectivity index (χ1v) is 11.2. The Morgan fingerprint density at radius 1 is 1.17 bits per heavy atom. The van der Waals surface area contributed by atoms with Gasteiger partial charge < -0.3 is 15.2 Å². The van der Waals surface area contributed by atoms with Gasteiger partial charge in [0.05, 0.1) is 5.56 Å². The topological polar surface area (TPSA) is 97.1 Å². The molecule has 0 fully saturated rings. The molecule has 3 aliphatic heterocycles. The van der Waals surface area contributed by atoms with E-state index >= 15 is 0 Å². The van der Waals surface area contributed by atoms with E-state index in [1.807, 2.05) is 19.1 Å². The summed E-state index contributed by atoms with van der Waals surface area (Å²) in [7, 11) is 1.64. The first-order chi connectivity index (χ1) is 17.1. The second kappa shape index (κ2) is 8.74. The highest BCUT2D eigenvalue weighted by atomic mass is 19.4. The summed E-state index contributed by atoms with van der Waals surface area (Å²) in [6, 6.07) is 9.06. The summed E-state index contributed by atoms with van der Waals surface area (Å²) in [5, 5.41) is 6.17. The number of aromatic nitrogens is 4. The number of hydrogen-bond donors (Lipinski definition) is 2. The molecule has 1 atom stereocenters. The summed E-state index contributed by atoms with van der Waals surface area (Å²) >= 11 is 0. The molecule has 1 aromatic carbocycles. The van der Waals surface area contributed by atoms with E-state index in [9.17, 15) is 18.0 Å². The van der Waals surface area contributed by atoms with Crippen LogP contribution in [0.25, 0.3) is 22.5 Å². The molecule has 0 unspecified atom stereocenters. The number of nitrogens with zero attached hydrogens (tertiary/aromatic N) is 5. The number of nitrogens with one attached hydrogen (secondary N) is 2. The van der Waals surface area contributed by atoms with Crippen LogP contribution in [0.3, 0.4) is 0 Å². The Morgan fingerprint density at radius 3 is 2.72 bits per heavy atom. The SMILES string of the molecule is CN=c1ncc2cc(-c3cc(NC(=O)c4cc(C(F)(F)F)ccn4)ccc3C)c3n(c-2n1)C[C@H](C)N3. The molecule has 1 amide bonds. The minimum Gasteiger partial charge on any atom is -0.367 e. The van der Waals surface area contributed by atoms with E-state index in [-0.39, 0.29) is 11.7 Å². The molecule has 0 spiro atoms. The number of aryl methyl sites for hydroxylation is 1. The van der Waals surface area contributed by atoms with Crippen LogP contribution >= 0.6 is 0 Å². The number of carbonyl (C=O) groups is 1. The summed E-state index contributed by atoms with van der Waals surface area (Å²) in [6.45, 7) is 4.72. The van der Waals surface area contributed by atoms with E-state index in [4.69, 9.17) is 0 Å². The van der Waals surface area contributed by atoms with Crippen molar-refractivity contribution in [3.8, 4) is 22.5 Å². The van der Waals surface area contributed by atoms with Crippen LogP contribution in [-0.4, -0.2) is 38.5 Å². The maximum Gasteiger partial charge on any atom is 0.416 e. The number of carbonyl (C=O) groups excluding carboxylic acids is 1. The average Bonchev–Trinajstić information content (AvgIpc) is 3.25. The molecule has 3 aliphatic rings. The molecule has 2 N–H and O–H groups in total. The molecule has 0 saturated heterocycles. The van der Waals surface area contributed by atoms with Gasteiger partial charge in [-0.05, 0) is 55.3 Å². The van der Waals surface area contributed by atoms with Gasteiger partial charge >= 0.3 is 6.18 Å². The van der Waals surface area contributed by atoms with Gasteiger partial charge in [-0.15, -0.1) is 0 Å². The first-order valence-electron chi connectivity index (χ1n) is 11.2. The fourth-order valence-electron chi connectivity index (χ4n) is 4.28. The molecule has 0 saturated carbocycles. The van der Waals surface area contributed by atoms with Crippen molar-refractivity contribution in [2.75, 3.05) is 17.7 Å². The lowest BCUT2D eigenvalue weighted by Gasteiger charge is -2.19. The van der Waals surface area contributed by atoms with Gasteiger partial charge in [-0.25, -0.2) is 4.98 Å². The average molecular weight is 493 g/mol. The molecule has 0 bridgehead atoms. The predicted octanol–water partition coefficient (Wildman–Crippen LogP) is 4.37. The standard InChI is InChI=1S/C25H22F3N7O/c1-13-4-5-17(33-23(36)20-9-16(6-7-30-20)25(26,27)28)10-18(13)19-8-15-11-31-24(29-3)34-21(15)35-12-14(2)32-22(19)35/h4-11,14,32H,12H2,1-3H3,(H,33,36)/t14-/m0/s1. The Hall–Kier alpha value is -4.28. The zero-order valence-electron chi connectivity index (χ0n) is 19.7. The largest absolute Gasteiger partial charge is 0.416 e. The zero-order chi connectivity index (χ0) is 25.6. The number of rotatable bonds is 3. The van der Waals surface area contributed by atoms with Crippen molar-refractivity contribution in [2.24, 2.45) is 4.99 Å². The third-order valence-electron chi connectivity index (χ3n) is 6.01. The van der Waals surface area contributed by atoms with Crippen LogP contribution in [0.5, 0.6) is 0 Å². The van der Waals surface area contributed by atoms with Crippen LogP contribution in [0.4, 0.5) is 24.7 Å². The van der Waals surface area contributed by atoms with Crippen molar-refractivity contribution in [2.45, 2.75) is 32.6 Å². The van der Waals surface area contributed by atoms with Crippen molar-refractivity contribution in [1.29, 1.82) is 0 Å². The molecule has 4 heterocycles. The third kappa shape index (κ3) is 4.28. The van der Waals surface area contributed by atoms with Gasteiger partial charge in [0.15, 0.2) is 0 Å². The lowest BCUT2D eigenvalue weighted by molar-refractivity contribution is -0.137. The lowest BCUT2D eigenvalue weighted by Crippen LogP contribution is -2.18. The third-order valence-corrected chi connectivity index (χ3v) is 6.01. The number of alkyl halides is 3. The van der Waals surface area contributed by atoms with Crippen molar-refractivity contribution >= 4 is 17.4 Å². The second-order valence-corrected chi connectivity index (χ2v) is 8.65. The van der Waals surface area contributed by atoms with Crippen molar-refractivity contribution in [1.82, 2.24) is 19.5 Å². The van der Waals surface area contributed by atoms with Crippen LogP contribution < -0.4 is 16.3 Å². The Bertz CT molecular complexity index is 1530. The van der Waals surface area contributed by atoms with E-state index in [0.717, 1.165) is 52.2 Å². The van der Waals surface area contributed by atoms with Crippen LogP contribution in [0.15, 0.2) is 53.8 Å². The Labute approximate surface area is 204 Å². The molecular formula is C25H22F3N7O. The maximum absolute atomic E-state index is 13.1. The summed E-state index contributed by atoms with van der Waals surface area (Å²) in [5.74, 6) is 0.908. The number of amides is 1. The highest BCUT2D eigenvalue weighted by Crippen LogP contribution is 2.40. The quantitative estimate of drug-likeness (QED) is 0.442. The van der Waals surface area contributed by atoms with Gasteiger partial charge in [0.25, 0.3) is 5.91 Å². The van der Waals surface area contributed by atoms with Crippen LogP contribution in [0.2, 0.25) is 0 Å². The van der Waals surface area contributed by atoms with Crippen molar-refractivity contribution in [3.05, 3.63) is 71.2 Å². The molecule has 1 aromatic heterocycles. The smallest absolute Gasteiger partial charge is 0.367 e. The highest BCUT2D eigenvalue weighted by molar-refractivity contribution is 6.03. The highest BCUT2D eigenvalue weighted by Gasteiger charge is 2.31. The Morgan fingerprint density at radius 2 is 1.97 bits per heavy atom. The monoisotopic (exact) mass is 493 g/mol. The van der Waals surface area contributed by atoms with Crippen LogP contribution in [0.1, 0.15) is 28.5 Å². The zero-order valence-corrected chi connectivity index (χ0v) is 19.7. The van der Waals surface area contributed by atoms with E-state index in [0.29, 0.717) is 17.9 Å². The summed E-state index contributed by atoms with van der Waals surface area (Å²) in [5.41, 5.74) is 3.10. The van der Waals surface area contributed by atoms with Gasteiger partial charge in [-0.1, -0.05) is 6.07 Å². The number of anilines is 2. The Balaban J connectivity index is 1.55. The minimum atomic E-state index is -4.57. The molecule has 11 heteroatoms. The number of hydrogen-bond acceptors (Lipinski definition) is 6. The number of pyridine rings is 2. The van der Waals surface area contributed by atoms with E-state index in [1.54, 1.807) is 25.4 Å². The van der Waals surface area contributed by atoms with Crippen LogP contribution in [-0.2, 0) is 12.7 Å². The van der Waals surface area contributed by atoms with Crippen LogP contribution in [0, 0.1) is 6.92 Å². The fourth-order valence-corrected chi connectivity index (χ4v) is 4.28. The van der Waals surface area contributed by atoms with E-state index in [1.165, 1.54) is 0 Å². The van der Waals surface area contributed by atoms with Gasteiger partial charge in [0.2, 0.25) is 5.62 Å². The normalized spacial score (nSPS) is 15.6. The van der Waals surface area contributed by atoms with Crippen molar-refractivity contribution in [3.63, 3.8) is 0 Å². The van der Waals surface area contributed by atoms with E-state index in [2.05, 4.69) is 42.1 Å². The molecule has 5 rings (SSSR count). The summed E-state index contributed by atoms with van der Waals surface area (Å²) < 4.78 is 41.2. The van der Waals surface area contributed by atoms with Gasteiger partial charge in [0, 0.05) is 48.8 Å². The summed E-state index contributed by atoms with van der Waals surface area (Å²) in [6.07, 6.45) is -1.87. The molecule has 0 radical (unpaired) electrons. The van der Waals surface area contributed by atoms with E-state index < -0.39 is 17.6 Å². The predicted molar refractivity (Wildman–Crippen MR) is 129 cm³/mol. The lowest BCUT2D eigenvalue weighted by atomic mass is 9.98. The van der Waals surface area contributed by atoms with Gasteiger partial charge in [-0.2, -0.15) is 18.2 Å². The fraction of sp³-hybridized carbons (Fsp3) is 0.240. The van der Waals surface area contributed by atoms with Gasteiger partial charge in [-0.3, -0.25) is 14.8 Å². The molecule has 0 aliphatic carbocycles. The van der Waals surface area contributed by atoms with Crippen molar-refractivity contribution < 1.29 is 18.0 Å². The Kier molecular flexibility index (Phi) is 5.70. The molecule has 36 heavy (non-hydrogen) atoms. The summed E-state index contributed by atoms with van der Waals surface area (Å²) in [4.78, 5) is 29.5. The molecular weight excluding hydrogens is 471 g/mol. The first kappa shape index (κ1) is 23.5. The number of halogens is 3.